The zero-order valence-corrected chi connectivity index (χ0v) is 17.5. The lowest BCUT2D eigenvalue weighted by atomic mass is 10.2. The van der Waals surface area contributed by atoms with E-state index in [0.29, 0.717) is 4.88 Å². The molecule has 2 aromatic heterocycles. The summed E-state index contributed by atoms with van der Waals surface area (Å²) in [5.41, 5.74) is 5.81. The van der Waals surface area contributed by atoms with Gasteiger partial charge in [-0.25, -0.2) is 4.98 Å². The number of nitrogens with zero attached hydrogens (tertiary/aromatic N) is 2. The lowest BCUT2D eigenvalue weighted by Crippen LogP contribution is -2.38. The number of carbonyl (C=O) groups is 1. The van der Waals surface area contributed by atoms with Crippen molar-refractivity contribution in [3.63, 3.8) is 0 Å². The molecule has 5 rings (SSSR count). The molecule has 0 atom stereocenters. The van der Waals surface area contributed by atoms with E-state index in [1.165, 1.54) is 11.3 Å². The molecule has 0 aliphatic rings. The second-order valence-corrected chi connectivity index (χ2v) is 8.71. The average molecular weight is 428 g/mol. The van der Waals surface area contributed by atoms with Gasteiger partial charge in [0.1, 0.15) is 5.01 Å². The maximum Gasteiger partial charge on any atom is 0.280 e. The number of hydrazine groups is 1. The molecule has 0 spiro atoms. The average Bonchev–Trinajstić information content (AvgIpc) is 3.46. The SMILES string of the molecule is O=C(NN(c1ccccc1)c1ccccc1)c1ccc(-c2nc3ccccc3s2)s1. The molecule has 0 unspecified atom stereocenters. The summed E-state index contributed by atoms with van der Waals surface area (Å²) in [6, 6.07) is 31.5. The lowest BCUT2D eigenvalue weighted by molar-refractivity contribution is 0.0958. The fraction of sp³-hybridized carbons (Fsp3) is 0. The highest BCUT2D eigenvalue weighted by molar-refractivity contribution is 7.26. The summed E-state index contributed by atoms with van der Waals surface area (Å²) >= 11 is 3.09. The van der Waals surface area contributed by atoms with E-state index >= 15 is 0 Å². The molecule has 6 heteroatoms. The number of thiophene rings is 1. The fourth-order valence-electron chi connectivity index (χ4n) is 3.14. The number of hydrogen-bond donors (Lipinski definition) is 1. The number of anilines is 2. The van der Waals surface area contributed by atoms with Crippen molar-refractivity contribution < 1.29 is 4.79 Å². The van der Waals surface area contributed by atoms with E-state index in [1.54, 1.807) is 16.3 Å². The summed E-state index contributed by atoms with van der Waals surface area (Å²) < 4.78 is 1.14. The van der Waals surface area contributed by atoms with Crippen molar-refractivity contribution in [2.24, 2.45) is 0 Å². The highest BCUT2D eigenvalue weighted by Gasteiger charge is 2.17. The van der Waals surface area contributed by atoms with Gasteiger partial charge in [0.25, 0.3) is 5.91 Å². The highest BCUT2D eigenvalue weighted by atomic mass is 32.1. The molecule has 0 saturated carbocycles. The zero-order valence-electron chi connectivity index (χ0n) is 15.9. The minimum atomic E-state index is -0.153. The summed E-state index contributed by atoms with van der Waals surface area (Å²) in [4.78, 5) is 19.4. The van der Waals surface area contributed by atoms with Crippen molar-refractivity contribution in [3.05, 3.63) is 102 Å². The molecule has 3 aromatic carbocycles. The normalized spacial score (nSPS) is 10.8. The van der Waals surface area contributed by atoms with Crippen LogP contribution in [0.3, 0.4) is 0 Å². The minimum absolute atomic E-state index is 0.153. The Morgan fingerprint density at radius 3 is 2.03 bits per heavy atom. The molecular weight excluding hydrogens is 410 g/mol. The second-order valence-electron chi connectivity index (χ2n) is 6.60. The molecular formula is C24H17N3OS2. The van der Waals surface area contributed by atoms with Crippen molar-refractivity contribution in [3.8, 4) is 9.88 Å². The summed E-state index contributed by atoms with van der Waals surface area (Å²) in [6.45, 7) is 0. The Labute approximate surface area is 182 Å². The number of nitrogens with one attached hydrogen (secondary N) is 1. The molecule has 0 fully saturated rings. The van der Waals surface area contributed by atoms with Gasteiger partial charge >= 0.3 is 0 Å². The second kappa shape index (κ2) is 8.10. The van der Waals surface area contributed by atoms with Crippen LogP contribution in [0, 0.1) is 0 Å². The first-order valence-corrected chi connectivity index (χ1v) is 11.1. The molecule has 146 valence electrons. The molecule has 0 saturated heterocycles. The number of benzene rings is 3. The van der Waals surface area contributed by atoms with E-state index in [2.05, 4.69) is 11.5 Å². The number of amides is 1. The van der Waals surface area contributed by atoms with Crippen molar-refractivity contribution >= 4 is 50.2 Å². The topological polar surface area (TPSA) is 45.2 Å². The maximum absolute atomic E-state index is 13.1. The third kappa shape index (κ3) is 3.70. The Morgan fingerprint density at radius 1 is 0.733 bits per heavy atom. The van der Waals surface area contributed by atoms with Gasteiger partial charge in [0.2, 0.25) is 0 Å². The molecule has 1 N–H and O–H groups in total. The molecule has 0 aliphatic heterocycles. The van der Waals surface area contributed by atoms with Crippen LogP contribution in [0.25, 0.3) is 20.1 Å². The Morgan fingerprint density at radius 2 is 1.37 bits per heavy atom. The molecule has 0 aliphatic carbocycles. The van der Waals surface area contributed by atoms with Gasteiger partial charge in [-0.2, -0.15) is 0 Å². The van der Waals surface area contributed by atoms with Gasteiger partial charge < -0.3 is 0 Å². The number of carbonyl (C=O) groups excluding carboxylic acids is 1. The van der Waals surface area contributed by atoms with Crippen LogP contribution < -0.4 is 10.4 Å². The van der Waals surface area contributed by atoms with Crippen molar-refractivity contribution in [2.75, 3.05) is 5.01 Å². The largest absolute Gasteiger partial charge is 0.280 e. The van der Waals surface area contributed by atoms with Gasteiger partial charge in [0.15, 0.2) is 0 Å². The summed E-state index contributed by atoms with van der Waals surface area (Å²) in [5.74, 6) is -0.153. The molecule has 2 heterocycles. The van der Waals surface area contributed by atoms with Crippen LogP contribution in [0.5, 0.6) is 0 Å². The highest BCUT2D eigenvalue weighted by Crippen LogP contribution is 2.34. The van der Waals surface area contributed by atoms with Crippen LogP contribution in [0.1, 0.15) is 9.67 Å². The third-order valence-electron chi connectivity index (χ3n) is 4.58. The van der Waals surface area contributed by atoms with Crippen LogP contribution in [-0.2, 0) is 0 Å². The van der Waals surface area contributed by atoms with Gasteiger partial charge in [0.05, 0.1) is 31.3 Å². The van der Waals surface area contributed by atoms with E-state index in [4.69, 9.17) is 4.98 Å². The molecule has 4 nitrogen and oxygen atoms in total. The van der Waals surface area contributed by atoms with Crippen LogP contribution in [0.4, 0.5) is 11.4 Å². The van der Waals surface area contributed by atoms with E-state index in [-0.39, 0.29) is 5.91 Å². The fourth-order valence-corrected chi connectivity index (χ4v) is 5.06. The molecule has 1 amide bonds. The minimum Gasteiger partial charge on any atom is -0.266 e. The number of fused-ring (bicyclic) bond motifs is 1. The smallest absolute Gasteiger partial charge is 0.266 e. The van der Waals surface area contributed by atoms with Crippen LogP contribution >= 0.6 is 22.7 Å². The Kier molecular flexibility index (Phi) is 5.01. The number of para-hydroxylation sites is 3. The standard InChI is InChI=1S/C24H17N3OS2/c28-23(26-27(17-9-3-1-4-10-17)18-11-5-2-6-12-18)21-15-16-22(29-21)24-25-19-13-7-8-14-20(19)30-24/h1-16H,(H,26,28). The molecule has 0 bridgehead atoms. The third-order valence-corrected chi connectivity index (χ3v) is 6.87. The quantitative estimate of drug-likeness (QED) is 0.325. The Balaban J connectivity index is 1.42. The molecule has 30 heavy (non-hydrogen) atoms. The van der Waals surface area contributed by atoms with E-state index in [9.17, 15) is 4.79 Å². The zero-order chi connectivity index (χ0) is 20.3. The first kappa shape index (κ1) is 18.5. The Bertz CT molecular complexity index is 1220. The monoisotopic (exact) mass is 427 g/mol. The van der Waals surface area contributed by atoms with Crippen LogP contribution in [0.2, 0.25) is 0 Å². The van der Waals surface area contributed by atoms with Gasteiger partial charge in [-0.1, -0.05) is 48.5 Å². The van der Waals surface area contributed by atoms with Gasteiger partial charge in [0, 0.05) is 0 Å². The first-order valence-electron chi connectivity index (χ1n) is 9.45. The predicted molar refractivity (Wildman–Crippen MR) is 125 cm³/mol. The number of thiazole rings is 1. The maximum atomic E-state index is 13.1. The van der Waals surface area contributed by atoms with Gasteiger partial charge in [-0.05, 0) is 48.5 Å². The predicted octanol–water partition coefficient (Wildman–Crippen LogP) is 6.51. The molecule has 5 aromatic rings. The lowest BCUT2D eigenvalue weighted by Gasteiger charge is -2.25. The number of rotatable bonds is 5. The van der Waals surface area contributed by atoms with Crippen LogP contribution in [0.15, 0.2) is 97.1 Å². The van der Waals surface area contributed by atoms with Crippen molar-refractivity contribution in [1.29, 1.82) is 0 Å². The van der Waals surface area contributed by atoms with Gasteiger partial charge in [-0.3, -0.25) is 15.2 Å². The number of aromatic nitrogens is 1. The number of hydrogen-bond acceptors (Lipinski definition) is 5. The summed E-state index contributed by atoms with van der Waals surface area (Å²) in [5, 5.41) is 2.74. The van der Waals surface area contributed by atoms with Crippen LogP contribution in [-0.4, -0.2) is 10.9 Å². The van der Waals surface area contributed by atoms with Crippen molar-refractivity contribution in [1.82, 2.24) is 10.4 Å². The summed E-state index contributed by atoms with van der Waals surface area (Å²) in [7, 11) is 0. The van der Waals surface area contributed by atoms with Gasteiger partial charge in [-0.15, -0.1) is 22.7 Å². The van der Waals surface area contributed by atoms with E-state index in [1.807, 2.05) is 91.0 Å². The summed E-state index contributed by atoms with van der Waals surface area (Å²) in [6.07, 6.45) is 0. The Hall–Kier alpha value is -3.48. The molecule has 0 radical (unpaired) electrons. The van der Waals surface area contributed by atoms with E-state index in [0.717, 1.165) is 31.5 Å². The first-order chi connectivity index (χ1) is 14.8. The van der Waals surface area contributed by atoms with E-state index < -0.39 is 0 Å². The van der Waals surface area contributed by atoms with Crippen molar-refractivity contribution in [2.45, 2.75) is 0 Å².